The van der Waals surface area contributed by atoms with E-state index in [0.29, 0.717) is 18.6 Å². The highest BCUT2D eigenvalue weighted by Gasteiger charge is 1.86. The predicted molar refractivity (Wildman–Crippen MR) is 44.4 cm³/mol. The molecule has 0 aliphatic heterocycles. The molecule has 1 unspecified atom stereocenters. The van der Waals surface area contributed by atoms with Crippen molar-refractivity contribution in [3.05, 3.63) is 0 Å². The van der Waals surface area contributed by atoms with Crippen LogP contribution in [0.25, 0.3) is 0 Å². The van der Waals surface area contributed by atoms with Gasteiger partial charge in [0.2, 0.25) is 0 Å². The summed E-state index contributed by atoms with van der Waals surface area (Å²) in [5, 5.41) is 2.67. The fourth-order valence-corrected chi connectivity index (χ4v) is 0.250. The molecule has 0 amide bonds. The zero-order valence-corrected chi connectivity index (χ0v) is 7.55. The topological polar surface area (TPSA) is 29.1 Å². The van der Waals surface area contributed by atoms with Crippen molar-refractivity contribution in [1.82, 2.24) is 5.09 Å². The van der Waals surface area contributed by atoms with E-state index in [2.05, 4.69) is 14.5 Å². The van der Waals surface area contributed by atoms with Crippen LogP contribution >= 0.6 is 9.39 Å². The lowest BCUT2D eigenvalue weighted by Crippen LogP contribution is -1.88. The predicted octanol–water partition coefficient (Wildman–Crippen LogP) is 1.37. The van der Waals surface area contributed by atoms with Crippen LogP contribution in [0.5, 0.6) is 0 Å². The van der Waals surface area contributed by atoms with E-state index < -0.39 is 0 Å². The Bertz CT molecular complexity index is 60.1. The minimum atomic E-state index is 0.343. The molecule has 9 heavy (non-hydrogen) atoms. The molecule has 0 fully saturated rings. The maximum Gasteiger partial charge on any atom is 0.132 e. The molecule has 0 spiro atoms. The molecule has 0 aromatic rings. The Labute approximate surface area is 59.7 Å². The number of hydrogen-bond acceptors (Lipinski definition) is 2. The van der Waals surface area contributed by atoms with Crippen molar-refractivity contribution in [2.24, 2.45) is 0 Å². The largest absolute Gasteiger partial charge is 0.304 e. The molecule has 1 N–H and O–H groups in total. The molecule has 0 bridgehead atoms. The average molecular weight is 149 g/mol. The molecule has 0 saturated carbocycles. The van der Waals surface area contributed by atoms with Crippen molar-refractivity contribution in [1.29, 1.82) is 0 Å². The van der Waals surface area contributed by atoms with E-state index in [0.717, 1.165) is 0 Å². The van der Waals surface area contributed by atoms with Gasteiger partial charge < -0.3 is 5.09 Å². The molecule has 0 aliphatic carbocycles. The Morgan fingerprint density at radius 2 is 1.67 bits per heavy atom. The van der Waals surface area contributed by atoms with Gasteiger partial charge >= 0.3 is 0 Å². The van der Waals surface area contributed by atoms with Gasteiger partial charge in [-0.1, -0.05) is 23.2 Å². The number of carbonyl (C=O) groups excluding carboxylic acids is 1. The Morgan fingerprint density at radius 1 is 1.44 bits per heavy atom. The molecule has 0 aromatic carbocycles. The summed E-state index contributed by atoms with van der Waals surface area (Å²) in [5.74, 6) is 0.343. The Hall–Kier alpha value is 0.0600. The summed E-state index contributed by atoms with van der Waals surface area (Å²) < 4.78 is 0. The summed E-state index contributed by atoms with van der Waals surface area (Å²) >= 11 is 0. The van der Waals surface area contributed by atoms with Crippen molar-refractivity contribution < 1.29 is 4.79 Å². The molecule has 0 aromatic heterocycles. The van der Waals surface area contributed by atoms with Crippen LogP contribution in [0.2, 0.25) is 0 Å². The van der Waals surface area contributed by atoms with Gasteiger partial charge in [0, 0.05) is 12.8 Å². The first-order chi connectivity index (χ1) is 4.22. The van der Waals surface area contributed by atoms with E-state index in [4.69, 9.17) is 0 Å². The van der Waals surface area contributed by atoms with Gasteiger partial charge in [0.1, 0.15) is 5.78 Å². The third kappa shape index (κ3) is 18.0. The minimum Gasteiger partial charge on any atom is -0.304 e. The van der Waals surface area contributed by atoms with E-state index in [1.165, 1.54) is 0 Å². The molecule has 0 heterocycles. The Morgan fingerprint density at radius 3 is 1.67 bits per heavy atom. The zero-order chi connectivity index (χ0) is 7.70. The van der Waals surface area contributed by atoms with Gasteiger partial charge in [-0.3, -0.25) is 4.79 Å². The lowest BCUT2D eigenvalue weighted by atomic mass is 10.3. The van der Waals surface area contributed by atoms with Crippen LogP contribution < -0.4 is 5.09 Å². The number of hydrogen-bond donors (Lipinski definition) is 1. The second-order valence-corrected chi connectivity index (χ2v) is 2.11. The fourth-order valence-electron chi connectivity index (χ4n) is 0.250. The first-order valence-electron chi connectivity index (χ1n) is 3.11. The normalized spacial score (nSPS) is 7.56. The lowest BCUT2D eigenvalue weighted by molar-refractivity contribution is -0.118. The van der Waals surface area contributed by atoms with Gasteiger partial charge in [-0.25, -0.2) is 0 Å². The van der Waals surface area contributed by atoms with Crippen LogP contribution in [0.3, 0.4) is 0 Å². The molecular formula is C6H16NOP. The summed E-state index contributed by atoms with van der Waals surface area (Å²) in [6.45, 7) is 3.76. The zero-order valence-electron chi connectivity index (χ0n) is 6.40. The summed E-state index contributed by atoms with van der Waals surface area (Å²) in [6, 6.07) is 0. The van der Waals surface area contributed by atoms with Gasteiger partial charge in [-0.15, -0.1) is 0 Å². The third-order valence-corrected chi connectivity index (χ3v) is 0.789. The summed E-state index contributed by atoms with van der Waals surface area (Å²) in [5.41, 5.74) is 0. The van der Waals surface area contributed by atoms with Gasteiger partial charge in [0.15, 0.2) is 0 Å². The van der Waals surface area contributed by atoms with Gasteiger partial charge in [-0.2, -0.15) is 0 Å². The van der Waals surface area contributed by atoms with Crippen LogP contribution in [0, 0.1) is 0 Å². The molecule has 0 radical (unpaired) electrons. The standard InChI is InChI=1S/C5H10O.CH6NP/c1-3-5(6)4-2;1-2-3/h3-4H2,1-2H3;2H,3H2,1H3. The number of Topliss-reactive ketones (excluding diaryl/α,β-unsaturated/α-hetero) is 1. The van der Waals surface area contributed by atoms with E-state index in [9.17, 15) is 4.79 Å². The average Bonchev–Trinajstić information content (AvgIpc) is 1.88. The summed E-state index contributed by atoms with van der Waals surface area (Å²) in [6.07, 6.45) is 1.38. The maximum absolute atomic E-state index is 10.2. The Kier molecular flexibility index (Phi) is 14.4. The number of carbonyl (C=O) groups is 1. The number of nitrogens with one attached hydrogen (secondary N) is 1. The molecule has 56 valence electrons. The highest BCUT2D eigenvalue weighted by Crippen LogP contribution is 1.82. The number of rotatable bonds is 2. The van der Waals surface area contributed by atoms with E-state index in [-0.39, 0.29) is 0 Å². The highest BCUT2D eigenvalue weighted by molar-refractivity contribution is 7.13. The maximum atomic E-state index is 10.2. The first-order valence-corrected chi connectivity index (χ1v) is 3.69. The van der Waals surface area contributed by atoms with Crippen molar-refractivity contribution in [2.75, 3.05) is 7.05 Å². The highest BCUT2D eigenvalue weighted by atomic mass is 31.0. The van der Waals surface area contributed by atoms with Crippen molar-refractivity contribution in [3.63, 3.8) is 0 Å². The third-order valence-electron chi connectivity index (χ3n) is 0.789. The molecule has 0 rings (SSSR count). The molecule has 0 aliphatic rings. The molecule has 3 heteroatoms. The van der Waals surface area contributed by atoms with Gasteiger partial charge in [0.05, 0.1) is 0 Å². The smallest absolute Gasteiger partial charge is 0.132 e. The lowest BCUT2D eigenvalue weighted by Gasteiger charge is -1.81. The SMILES string of the molecule is CCC(=O)CC.CNP. The van der Waals surface area contributed by atoms with Crippen LogP contribution in [-0.2, 0) is 4.79 Å². The molecule has 0 saturated heterocycles. The summed E-state index contributed by atoms with van der Waals surface area (Å²) in [4.78, 5) is 10.2. The second kappa shape index (κ2) is 10.9. The molecular weight excluding hydrogens is 133 g/mol. The summed E-state index contributed by atoms with van der Waals surface area (Å²) in [7, 11) is 4.17. The van der Waals surface area contributed by atoms with Crippen LogP contribution in [0.15, 0.2) is 0 Å². The Balaban J connectivity index is 0. The van der Waals surface area contributed by atoms with Crippen molar-refractivity contribution in [2.45, 2.75) is 26.7 Å². The van der Waals surface area contributed by atoms with Crippen LogP contribution in [0.1, 0.15) is 26.7 Å². The van der Waals surface area contributed by atoms with E-state index in [1.54, 1.807) is 0 Å². The first kappa shape index (κ1) is 11.8. The van der Waals surface area contributed by atoms with Crippen LogP contribution in [-0.4, -0.2) is 12.8 Å². The van der Waals surface area contributed by atoms with Gasteiger partial charge in [0.25, 0.3) is 0 Å². The fraction of sp³-hybridized carbons (Fsp3) is 0.833. The van der Waals surface area contributed by atoms with E-state index >= 15 is 0 Å². The quantitative estimate of drug-likeness (QED) is 0.601. The number of ketones is 1. The minimum absolute atomic E-state index is 0.343. The van der Waals surface area contributed by atoms with Crippen molar-refractivity contribution >= 4 is 15.2 Å². The monoisotopic (exact) mass is 149 g/mol. The van der Waals surface area contributed by atoms with E-state index in [1.807, 2.05) is 20.9 Å². The van der Waals surface area contributed by atoms with Gasteiger partial charge in [-0.05, 0) is 7.05 Å². The molecule has 1 atom stereocenters. The second-order valence-electron chi connectivity index (χ2n) is 1.53. The van der Waals surface area contributed by atoms with Crippen molar-refractivity contribution in [3.8, 4) is 0 Å². The van der Waals surface area contributed by atoms with Crippen LogP contribution in [0.4, 0.5) is 0 Å². The molecule has 2 nitrogen and oxygen atoms in total.